The van der Waals surface area contributed by atoms with Crippen LogP contribution < -0.4 is 11.2 Å². The molecule has 0 N–H and O–H groups in total. The highest BCUT2D eigenvalue weighted by molar-refractivity contribution is 6.31. The van der Waals surface area contributed by atoms with Crippen LogP contribution in [0.3, 0.4) is 0 Å². The van der Waals surface area contributed by atoms with Gasteiger partial charge in [0.2, 0.25) is 5.69 Å². The molecule has 156 valence electrons. The van der Waals surface area contributed by atoms with Crippen LogP contribution in [0.1, 0.15) is 35.5 Å². The lowest BCUT2D eigenvalue weighted by Crippen LogP contribution is -2.46. The Labute approximate surface area is 179 Å². The Morgan fingerprint density at radius 2 is 1.67 bits per heavy atom. The van der Waals surface area contributed by atoms with Gasteiger partial charge >= 0.3 is 5.69 Å². The maximum absolute atomic E-state index is 13.2. The van der Waals surface area contributed by atoms with Crippen LogP contribution in [0.5, 0.6) is 0 Å². The van der Waals surface area contributed by atoms with E-state index in [4.69, 9.17) is 11.6 Å². The van der Waals surface area contributed by atoms with E-state index >= 15 is 0 Å². The van der Waals surface area contributed by atoms with Crippen LogP contribution in [0.4, 0.5) is 0 Å². The molecule has 0 aliphatic carbocycles. The molecule has 3 aromatic rings. The number of halogens is 1. The van der Waals surface area contributed by atoms with Crippen molar-refractivity contribution in [3.8, 4) is 5.69 Å². The van der Waals surface area contributed by atoms with Crippen molar-refractivity contribution in [2.75, 3.05) is 13.1 Å². The van der Waals surface area contributed by atoms with Gasteiger partial charge in [-0.1, -0.05) is 47.5 Å². The molecule has 0 radical (unpaired) electrons. The number of hydrogen-bond acceptors (Lipinski definition) is 4. The second-order valence-electron chi connectivity index (χ2n) is 6.84. The maximum Gasteiger partial charge on any atom is 0.352 e. The predicted octanol–water partition coefficient (Wildman–Crippen LogP) is 2.89. The van der Waals surface area contributed by atoms with Crippen molar-refractivity contribution in [1.29, 1.82) is 0 Å². The topological polar surface area (TPSA) is 77.2 Å². The number of nitrogens with zero attached hydrogens (tertiary/aromatic N) is 4. The van der Waals surface area contributed by atoms with Crippen molar-refractivity contribution in [3.05, 3.63) is 91.2 Å². The molecule has 0 bridgehead atoms. The summed E-state index contributed by atoms with van der Waals surface area (Å²) < 4.78 is 2.10. The zero-order valence-corrected chi connectivity index (χ0v) is 17.9. The second kappa shape index (κ2) is 9.09. The summed E-state index contributed by atoms with van der Waals surface area (Å²) in [4.78, 5) is 40.7. The molecular weight excluding hydrogens is 404 g/mol. The second-order valence-corrected chi connectivity index (χ2v) is 7.25. The Hall–Kier alpha value is -3.19. The lowest BCUT2D eigenvalue weighted by Gasteiger charge is -2.19. The number of rotatable bonds is 6. The normalized spacial score (nSPS) is 10.8. The summed E-state index contributed by atoms with van der Waals surface area (Å²) in [5.74, 6) is -0.515. The number of aryl methyl sites for hydroxylation is 1. The molecule has 1 aromatic heterocycles. The van der Waals surface area contributed by atoms with E-state index in [-0.39, 0.29) is 12.2 Å². The number of benzene rings is 2. The molecule has 7 nitrogen and oxygen atoms in total. The minimum atomic E-state index is -0.736. The molecule has 0 aliphatic rings. The summed E-state index contributed by atoms with van der Waals surface area (Å²) in [7, 11) is 0. The first-order valence-corrected chi connectivity index (χ1v) is 10.1. The number of amides is 1. The molecule has 1 heterocycles. The van der Waals surface area contributed by atoms with Crippen LogP contribution in [0.25, 0.3) is 5.69 Å². The van der Waals surface area contributed by atoms with E-state index < -0.39 is 17.2 Å². The minimum absolute atomic E-state index is 0.0652. The van der Waals surface area contributed by atoms with E-state index in [1.54, 1.807) is 36.4 Å². The lowest BCUT2D eigenvalue weighted by atomic mass is 10.2. The molecule has 0 atom stereocenters. The fraction of sp³-hybridized carbons (Fsp3) is 0.273. The predicted molar refractivity (Wildman–Crippen MR) is 117 cm³/mol. The molecule has 0 fully saturated rings. The van der Waals surface area contributed by atoms with Gasteiger partial charge in [-0.25, -0.2) is 4.79 Å². The van der Waals surface area contributed by atoms with Gasteiger partial charge in [0.25, 0.3) is 11.5 Å². The Balaban J connectivity index is 2.25. The zero-order valence-electron chi connectivity index (χ0n) is 17.1. The average Bonchev–Trinajstić information content (AvgIpc) is 2.74. The highest BCUT2D eigenvalue weighted by atomic mass is 35.5. The van der Waals surface area contributed by atoms with E-state index in [1.807, 2.05) is 32.9 Å². The number of carbonyl (C=O) groups excluding carboxylic acids is 1. The van der Waals surface area contributed by atoms with Gasteiger partial charge in [-0.2, -0.15) is 9.78 Å². The molecule has 0 spiro atoms. The lowest BCUT2D eigenvalue weighted by molar-refractivity contribution is 0.0761. The van der Waals surface area contributed by atoms with Crippen LogP contribution >= 0.6 is 11.6 Å². The van der Waals surface area contributed by atoms with Gasteiger partial charge in [-0.05, 0) is 44.5 Å². The zero-order chi connectivity index (χ0) is 21.8. The first-order valence-electron chi connectivity index (χ1n) is 9.71. The number of carbonyl (C=O) groups is 1. The summed E-state index contributed by atoms with van der Waals surface area (Å²) in [6, 6.07) is 14.1. The van der Waals surface area contributed by atoms with Gasteiger partial charge in [-0.3, -0.25) is 14.2 Å². The van der Waals surface area contributed by atoms with E-state index in [0.29, 0.717) is 29.4 Å². The van der Waals surface area contributed by atoms with Gasteiger partial charge in [0.05, 0.1) is 12.2 Å². The van der Waals surface area contributed by atoms with E-state index in [1.165, 1.54) is 4.90 Å². The van der Waals surface area contributed by atoms with E-state index in [2.05, 4.69) is 5.10 Å². The summed E-state index contributed by atoms with van der Waals surface area (Å²) in [6.45, 7) is 6.34. The largest absolute Gasteiger partial charge is 0.352 e. The molecular formula is C22H23ClN4O3. The molecule has 0 aliphatic heterocycles. The van der Waals surface area contributed by atoms with Gasteiger partial charge in [0, 0.05) is 18.1 Å². The summed E-state index contributed by atoms with van der Waals surface area (Å²) in [6.07, 6.45) is 0. The highest BCUT2D eigenvalue weighted by Gasteiger charge is 2.23. The van der Waals surface area contributed by atoms with Gasteiger partial charge in [0.1, 0.15) is 0 Å². The van der Waals surface area contributed by atoms with Gasteiger partial charge in [-0.15, -0.1) is 0 Å². The third-order valence-electron chi connectivity index (χ3n) is 4.88. The van der Waals surface area contributed by atoms with E-state index in [0.717, 1.165) is 14.8 Å². The van der Waals surface area contributed by atoms with Crippen LogP contribution in [0, 0.1) is 6.92 Å². The Bertz CT molecular complexity index is 1180. The van der Waals surface area contributed by atoms with Gasteiger partial charge in [0.15, 0.2) is 0 Å². The molecule has 2 aromatic carbocycles. The first kappa shape index (κ1) is 21.5. The third kappa shape index (κ3) is 4.21. The van der Waals surface area contributed by atoms with Crippen molar-refractivity contribution >= 4 is 17.5 Å². The van der Waals surface area contributed by atoms with Crippen LogP contribution in [0.15, 0.2) is 58.1 Å². The van der Waals surface area contributed by atoms with Crippen molar-refractivity contribution in [3.63, 3.8) is 0 Å². The quantitative estimate of drug-likeness (QED) is 0.607. The van der Waals surface area contributed by atoms with Crippen molar-refractivity contribution in [1.82, 2.24) is 19.2 Å². The molecule has 3 rings (SSSR count). The molecule has 8 heteroatoms. The standard InChI is InChI=1S/C22H23ClN4O3/c1-4-25(5-2)20(28)19-21(29)26(14-16-8-6-7-9-18(16)23)22(30)27(24-19)17-12-10-15(3)11-13-17/h6-13H,4-5,14H2,1-3H3. The Kier molecular flexibility index (Phi) is 6.52. The van der Waals surface area contributed by atoms with Crippen molar-refractivity contribution in [2.24, 2.45) is 0 Å². The van der Waals surface area contributed by atoms with Crippen LogP contribution in [0.2, 0.25) is 5.02 Å². The third-order valence-corrected chi connectivity index (χ3v) is 5.25. The molecule has 1 amide bonds. The van der Waals surface area contributed by atoms with Crippen molar-refractivity contribution in [2.45, 2.75) is 27.3 Å². The summed E-state index contributed by atoms with van der Waals surface area (Å²) >= 11 is 6.24. The van der Waals surface area contributed by atoms with Crippen molar-refractivity contribution < 1.29 is 4.79 Å². The minimum Gasteiger partial charge on any atom is -0.338 e. The smallest absolute Gasteiger partial charge is 0.338 e. The fourth-order valence-electron chi connectivity index (χ4n) is 3.10. The molecule has 0 saturated heterocycles. The SMILES string of the molecule is CCN(CC)C(=O)c1nn(-c2ccc(C)cc2)c(=O)n(Cc2ccccc2Cl)c1=O. The Morgan fingerprint density at radius 3 is 2.27 bits per heavy atom. The monoisotopic (exact) mass is 426 g/mol. The average molecular weight is 427 g/mol. The number of hydrogen-bond donors (Lipinski definition) is 0. The molecule has 0 saturated carbocycles. The first-order chi connectivity index (χ1) is 14.4. The van der Waals surface area contributed by atoms with E-state index in [9.17, 15) is 14.4 Å². The fourth-order valence-corrected chi connectivity index (χ4v) is 3.30. The van der Waals surface area contributed by atoms with Gasteiger partial charge < -0.3 is 4.90 Å². The number of aromatic nitrogens is 3. The summed E-state index contributed by atoms with van der Waals surface area (Å²) in [5, 5.41) is 4.59. The highest BCUT2D eigenvalue weighted by Crippen LogP contribution is 2.15. The van der Waals surface area contributed by atoms with Crippen LogP contribution in [-0.2, 0) is 6.54 Å². The molecule has 0 unspecified atom stereocenters. The Morgan fingerprint density at radius 1 is 1.03 bits per heavy atom. The molecule has 30 heavy (non-hydrogen) atoms. The summed E-state index contributed by atoms with van der Waals surface area (Å²) in [5.41, 5.74) is 0.398. The maximum atomic E-state index is 13.2. The van der Waals surface area contributed by atoms with Crippen LogP contribution in [-0.4, -0.2) is 38.2 Å².